The molecule has 4 rings (SSSR count). The van der Waals surface area contributed by atoms with Crippen LogP contribution in [-0.4, -0.2) is 11.6 Å². The van der Waals surface area contributed by atoms with Crippen LogP contribution in [0.15, 0.2) is 0 Å². The molecule has 6 atom stereocenters. The molecule has 0 aromatic carbocycles. The number of Topliss-reactive ketones (excluding diaryl/α,β-unsaturated/α-hetero) is 2. The maximum absolute atomic E-state index is 12.5. The van der Waals surface area contributed by atoms with E-state index in [0.29, 0.717) is 43.3 Å². The predicted molar refractivity (Wildman–Crippen MR) is 81.7 cm³/mol. The molecule has 0 saturated heterocycles. The number of fused-ring (bicyclic) bond motifs is 5. The van der Waals surface area contributed by atoms with E-state index in [-0.39, 0.29) is 23.0 Å². The summed E-state index contributed by atoms with van der Waals surface area (Å²) >= 11 is 0. The van der Waals surface area contributed by atoms with Gasteiger partial charge in [0.15, 0.2) is 0 Å². The highest BCUT2D eigenvalue weighted by Gasteiger charge is 2.60. The molecule has 0 aliphatic heterocycles. The molecule has 0 radical (unpaired) electrons. The average molecular weight is 291 g/mol. The zero-order valence-electron chi connectivity index (χ0n) is 16.0. The molecule has 21 heavy (non-hydrogen) atoms. The van der Waals surface area contributed by atoms with Gasteiger partial charge in [0.1, 0.15) is 11.6 Å². The minimum atomic E-state index is -2.00. The summed E-state index contributed by atoms with van der Waals surface area (Å²) < 4.78 is 25.1. The van der Waals surface area contributed by atoms with E-state index >= 15 is 0 Å². The van der Waals surface area contributed by atoms with Crippen molar-refractivity contribution in [3.63, 3.8) is 0 Å². The van der Waals surface area contributed by atoms with Crippen LogP contribution >= 0.6 is 0 Å². The first-order valence-corrected chi connectivity index (χ1v) is 8.75. The number of ketones is 2. The van der Waals surface area contributed by atoms with Gasteiger partial charge >= 0.3 is 0 Å². The Bertz CT molecular complexity index is 584. The first-order chi connectivity index (χ1) is 11.2. The third-order valence-corrected chi connectivity index (χ3v) is 7.68. The summed E-state index contributed by atoms with van der Waals surface area (Å²) in [5.41, 5.74) is -0.898. The van der Waals surface area contributed by atoms with E-state index < -0.39 is 12.3 Å². The molecule has 4 aliphatic rings. The van der Waals surface area contributed by atoms with Crippen molar-refractivity contribution in [1.82, 2.24) is 0 Å². The van der Waals surface area contributed by atoms with E-state index in [2.05, 4.69) is 6.92 Å². The second kappa shape index (κ2) is 4.43. The fraction of sp³-hybridized carbons (Fsp3) is 0.895. The first-order valence-electron chi connectivity index (χ1n) is 10.2. The topological polar surface area (TPSA) is 34.1 Å². The SMILES string of the molecule is [2H]C([2H])([2H])[C@@]12CCC(=O)C[C@H]1CC[C@H]1[C@H]2CC[C@@]2(C)C(=O)CC[C@H]12. The van der Waals surface area contributed by atoms with Crippen LogP contribution in [-0.2, 0) is 9.59 Å². The van der Waals surface area contributed by atoms with Gasteiger partial charge in [0, 0.05) is 28.8 Å². The Morgan fingerprint density at radius 1 is 1.05 bits per heavy atom. The molecule has 0 bridgehead atoms. The van der Waals surface area contributed by atoms with Crippen LogP contribution in [0.1, 0.15) is 75.7 Å². The standard InChI is InChI=1S/C19H28O2/c1-18-9-7-13(20)11-12(18)3-4-14-15-5-6-17(21)19(15,2)10-8-16(14)18/h12,14-16H,3-11H2,1-2H3/t12-,14-,15-,16-,18-,19-/m1/s1/i1D3. The van der Waals surface area contributed by atoms with Crippen molar-refractivity contribution in [3.8, 4) is 0 Å². The van der Waals surface area contributed by atoms with E-state index in [0.717, 1.165) is 32.1 Å². The molecular formula is C19H28O2. The average Bonchev–Trinajstić information content (AvgIpc) is 2.81. The van der Waals surface area contributed by atoms with Gasteiger partial charge < -0.3 is 0 Å². The molecule has 0 amide bonds. The normalized spacial score (nSPS) is 55.8. The van der Waals surface area contributed by atoms with Gasteiger partial charge in [-0.2, -0.15) is 0 Å². The lowest BCUT2D eigenvalue weighted by atomic mass is 9.45. The van der Waals surface area contributed by atoms with Crippen LogP contribution in [0, 0.1) is 34.5 Å². The Morgan fingerprint density at radius 2 is 1.90 bits per heavy atom. The van der Waals surface area contributed by atoms with Crippen molar-refractivity contribution in [1.29, 1.82) is 0 Å². The molecule has 0 spiro atoms. The van der Waals surface area contributed by atoms with Crippen molar-refractivity contribution < 1.29 is 13.7 Å². The summed E-state index contributed by atoms with van der Waals surface area (Å²) in [6, 6.07) is 0. The molecule has 2 heteroatoms. The number of carbonyl (C=O) groups is 2. The summed E-state index contributed by atoms with van der Waals surface area (Å²) in [5.74, 6) is 1.56. The molecule has 2 nitrogen and oxygen atoms in total. The van der Waals surface area contributed by atoms with Crippen LogP contribution in [0.4, 0.5) is 0 Å². The fourth-order valence-electron chi connectivity index (χ4n) is 6.45. The van der Waals surface area contributed by atoms with Crippen molar-refractivity contribution in [3.05, 3.63) is 0 Å². The van der Waals surface area contributed by atoms with Crippen LogP contribution in [0.5, 0.6) is 0 Å². The lowest BCUT2D eigenvalue weighted by Crippen LogP contribution is -2.53. The minimum absolute atomic E-state index is 0.0222. The molecule has 0 N–H and O–H groups in total. The molecule has 0 aromatic heterocycles. The molecule has 0 unspecified atom stereocenters. The van der Waals surface area contributed by atoms with Gasteiger partial charge in [0.05, 0.1) is 0 Å². The highest BCUT2D eigenvalue weighted by Crippen LogP contribution is 2.65. The largest absolute Gasteiger partial charge is 0.300 e. The fourth-order valence-corrected chi connectivity index (χ4v) is 6.45. The molecule has 4 aliphatic carbocycles. The van der Waals surface area contributed by atoms with Crippen molar-refractivity contribution >= 4 is 11.6 Å². The van der Waals surface area contributed by atoms with Gasteiger partial charge in [-0.15, -0.1) is 0 Å². The lowest BCUT2D eigenvalue weighted by Gasteiger charge is -2.59. The first kappa shape index (κ1) is 11.0. The van der Waals surface area contributed by atoms with Gasteiger partial charge in [0.25, 0.3) is 0 Å². The third kappa shape index (κ3) is 1.77. The summed E-state index contributed by atoms with van der Waals surface area (Å²) in [7, 11) is 0. The highest BCUT2D eigenvalue weighted by atomic mass is 16.1. The van der Waals surface area contributed by atoms with Crippen LogP contribution in [0.3, 0.4) is 0 Å². The third-order valence-electron chi connectivity index (χ3n) is 7.68. The lowest BCUT2D eigenvalue weighted by molar-refractivity contribution is -0.144. The van der Waals surface area contributed by atoms with Gasteiger partial charge in [-0.25, -0.2) is 0 Å². The van der Waals surface area contributed by atoms with E-state index in [1.165, 1.54) is 0 Å². The van der Waals surface area contributed by atoms with Crippen molar-refractivity contribution in [2.45, 2.75) is 71.6 Å². The Kier molecular flexibility index (Phi) is 2.31. The summed E-state index contributed by atoms with van der Waals surface area (Å²) in [4.78, 5) is 24.4. The number of rotatable bonds is 0. The van der Waals surface area contributed by atoms with Crippen LogP contribution in [0.25, 0.3) is 0 Å². The number of carbonyl (C=O) groups excluding carboxylic acids is 2. The van der Waals surface area contributed by atoms with E-state index in [9.17, 15) is 9.59 Å². The number of hydrogen-bond donors (Lipinski definition) is 0. The summed E-state index contributed by atoms with van der Waals surface area (Å²) in [5, 5.41) is 0. The molecule has 4 fully saturated rings. The zero-order chi connectivity index (χ0) is 17.3. The Labute approximate surface area is 132 Å². The van der Waals surface area contributed by atoms with Gasteiger partial charge in [-0.05, 0) is 67.6 Å². The van der Waals surface area contributed by atoms with Gasteiger partial charge in [-0.1, -0.05) is 13.8 Å². The molecule has 0 aromatic rings. The Balaban J connectivity index is 1.75. The van der Waals surface area contributed by atoms with Gasteiger partial charge in [0.2, 0.25) is 0 Å². The summed E-state index contributed by atoms with van der Waals surface area (Å²) in [6.45, 7) is 0.125. The van der Waals surface area contributed by atoms with E-state index in [1.54, 1.807) is 0 Å². The second-order valence-corrected chi connectivity index (χ2v) is 8.35. The minimum Gasteiger partial charge on any atom is -0.300 e. The van der Waals surface area contributed by atoms with Crippen molar-refractivity contribution in [2.24, 2.45) is 34.5 Å². The summed E-state index contributed by atoms with van der Waals surface area (Å²) in [6.07, 6.45) is 6.60. The van der Waals surface area contributed by atoms with Crippen LogP contribution in [0.2, 0.25) is 0 Å². The predicted octanol–water partition coefficient (Wildman–Crippen LogP) is 4.17. The molecule has 116 valence electrons. The molecule has 0 heterocycles. The van der Waals surface area contributed by atoms with E-state index in [1.807, 2.05) is 0 Å². The van der Waals surface area contributed by atoms with Crippen molar-refractivity contribution in [2.75, 3.05) is 0 Å². The smallest absolute Gasteiger partial charge is 0.139 e. The Morgan fingerprint density at radius 3 is 2.71 bits per heavy atom. The highest BCUT2D eigenvalue weighted by molar-refractivity contribution is 5.87. The zero-order valence-corrected chi connectivity index (χ0v) is 13.0. The van der Waals surface area contributed by atoms with Crippen LogP contribution < -0.4 is 0 Å². The maximum atomic E-state index is 12.5. The van der Waals surface area contributed by atoms with E-state index in [4.69, 9.17) is 4.11 Å². The number of hydrogen-bond acceptors (Lipinski definition) is 2. The Hall–Kier alpha value is -0.660. The molecular weight excluding hydrogens is 260 g/mol. The monoisotopic (exact) mass is 291 g/mol. The quantitative estimate of drug-likeness (QED) is 0.671. The maximum Gasteiger partial charge on any atom is 0.139 e. The second-order valence-electron chi connectivity index (χ2n) is 8.35. The van der Waals surface area contributed by atoms with Gasteiger partial charge in [-0.3, -0.25) is 9.59 Å². The molecule has 4 saturated carbocycles.